The minimum Gasteiger partial charge on any atom is -0.444 e. The summed E-state index contributed by atoms with van der Waals surface area (Å²) in [7, 11) is -2.00. The average Bonchev–Trinajstić information content (AvgIpc) is 3.10. The number of ether oxygens (including phenoxy) is 1. The highest BCUT2D eigenvalue weighted by Crippen LogP contribution is 2.45. The van der Waals surface area contributed by atoms with Gasteiger partial charge in [0.1, 0.15) is 11.7 Å². The molecule has 3 rings (SSSR count). The standard InChI is InChI=1S/C26H42N4O4Si/c1-16-14-30(15-19(23(16)31)29-24(32)33-25(2,3)4)22-17(12-27)13-28-21-18(22)10-11-20(21)34-35(8,9)26(5,6)7/h13,16,19-20,23,31H,10-11,14-15H2,1-9H3,(H,29,32). The molecule has 1 aliphatic heterocycles. The number of aliphatic hydroxyl groups excluding tert-OH is 1. The highest BCUT2D eigenvalue weighted by Gasteiger charge is 2.43. The average molecular weight is 503 g/mol. The summed E-state index contributed by atoms with van der Waals surface area (Å²) < 4.78 is 12.1. The number of nitrogens with one attached hydrogen (secondary N) is 1. The van der Waals surface area contributed by atoms with Gasteiger partial charge in [-0.25, -0.2) is 4.79 Å². The van der Waals surface area contributed by atoms with Crippen LogP contribution in [-0.4, -0.2) is 55.3 Å². The zero-order valence-corrected chi connectivity index (χ0v) is 23.7. The zero-order valence-electron chi connectivity index (χ0n) is 22.7. The van der Waals surface area contributed by atoms with E-state index in [0.717, 1.165) is 29.8 Å². The van der Waals surface area contributed by atoms with Crippen LogP contribution in [0.4, 0.5) is 10.5 Å². The van der Waals surface area contributed by atoms with Crippen molar-refractivity contribution in [2.24, 2.45) is 5.92 Å². The van der Waals surface area contributed by atoms with Crippen LogP contribution >= 0.6 is 0 Å². The van der Waals surface area contributed by atoms with E-state index in [1.54, 1.807) is 27.0 Å². The van der Waals surface area contributed by atoms with Crippen molar-refractivity contribution < 1.29 is 19.1 Å². The van der Waals surface area contributed by atoms with Gasteiger partial charge in [-0.15, -0.1) is 0 Å². The van der Waals surface area contributed by atoms with Gasteiger partial charge in [-0.05, 0) is 51.7 Å². The zero-order chi connectivity index (χ0) is 26.3. The number of aliphatic hydroxyl groups is 1. The van der Waals surface area contributed by atoms with Crippen LogP contribution in [0.2, 0.25) is 18.1 Å². The minimum absolute atomic E-state index is 0.0825. The van der Waals surface area contributed by atoms with E-state index in [1.165, 1.54) is 0 Å². The number of nitriles is 1. The van der Waals surface area contributed by atoms with E-state index in [-0.39, 0.29) is 17.1 Å². The molecule has 2 aliphatic rings. The van der Waals surface area contributed by atoms with Crippen molar-refractivity contribution in [2.45, 2.75) is 103 Å². The van der Waals surface area contributed by atoms with Crippen LogP contribution < -0.4 is 10.2 Å². The lowest BCUT2D eigenvalue weighted by molar-refractivity contribution is 0.0303. The van der Waals surface area contributed by atoms with Crippen molar-refractivity contribution in [3.8, 4) is 6.07 Å². The molecule has 35 heavy (non-hydrogen) atoms. The molecule has 4 atom stereocenters. The largest absolute Gasteiger partial charge is 0.444 e. The minimum atomic E-state index is -2.00. The Bertz CT molecular complexity index is 993. The van der Waals surface area contributed by atoms with Gasteiger partial charge >= 0.3 is 6.09 Å². The Kier molecular flexibility index (Phi) is 7.62. The molecule has 0 aromatic carbocycles. The Morgan fingerprint density at radius 1 is 1.26 bits per heavy atom. The van der Waals surface area contributed by atoms with Crippen molar-refractivity contribution in [3.05, 3.63) is 23.0 Å². The first-order valence-corrected chi connectivity index (χ1v) is 15.5. The maximum Gasteiger partial charge on any atom is 0.408 e. The molecule has 0 spiro atoms. The van der Waals surface area contributed by atoms with Gasteiger partial charge in [-0.1, -0.05) is 27.7 Å². The Morgan fingerprint density at radius 2 is 1.91 bits per heavy atom. The van der Waals surface area contributed by atoms with Crippen LogP contribution in [0.3, 0.4) is 0 Å². The van der Waals surface area contributed by atoms with Crippen molar-refractivity contribution in [2.75, 3.05) is 18.0 Å². The molecule has 4 unspecified atom stereocenters. The third-order valence-electron chi connectivity index (χ3n) is 7.45. The molecular formula is C26H42N4O4Si. The van der Waals surface area contributed by atoms with Gasteiger partial charge in [0.15, 0.2) is 8.32 Å². The number of carbonyl (C=O) groups excluding carboxylic acids is 1. The molecule has 9 heteroatoms. The maximum atomic E-state index is 12.5. The van der Waals surface area contributed by atoms with Gasteiger partial charge in [0.25, 0.3) is 0 Å². The van der Waals surface area contributed by atoms with Crippen LogP contribution in [0.1, 0.15) is 77.8 Å². The first-order valence-electron chi connectivity index (χ1n) is 12.6. The van der Waals surface area contributed by atoms with E-state index in [9.17, 15) is 15.2 Å². The number of hydrogen-bond donors (Lipinski definition) is 2. The number of piperidine rings is 1. The first-order chi connectivity index (χ1) is 16.0. The lowest BCUT2D eigenvalue weighted by Crippen LogP contribution is -2.59. The van der Waals surface area contributed by atoms with Crippen molar-refractivity contribution >= 4 is 20.1 Å². The molecule has 194 valence electrons. The molecule has 1 aliphatic carbocycles. The number of fused-ring (bicyclic) bond motifs is 1. The Hall–Kier alpha value is -2.15. The van der Waals surface area contributed by atoms with E-state index in [2.05, 4.69) is 55.1 Å². The number of nitrogens with zero attached hydrogens (tertiary/aromatic N) is 3. The van der Waals surface area contributed by atoms with Gasteiger partial charge in [-0.3, -0.25) is 4.98 Å². The van der Waals surface area contributed by atoms with Crippen LogP contribution in [-0.2, 0) is 15.6 Å². The van der Waals surface area contributed by atoms with E-state index in [0.29, 0.717) is 18.7 Å². The fraction of sp³-hybridized carbons (Fsp3) is 0.731. The van der Waals surface area contributed by atoms with Gasteiger partial charge in [0.05, 0.1) is 35.2 Å². The Morgan fingerprint density at radius 3 is 2.49 bits per heavy atom. The highest BCUT2D eigenvalue weighted by molar-refractivity contribution is 6.74. The van der Waals surface area contributed by atoms with Gasteiger partial charge in [0.2, 0.25) is 0 Å². The number of carbonyl (C=O) groups is 1. The highest BCUT2D eigenvalue weighted by atomic mass is 28.4. The molecule has 0 radical (unpaired) electrons. The number of hydrogen-bond acceptors (Lipinski definition) is 7. The van der Waals surface area contributed by atoms with E-state index in [1.807, 2.05) is 6.92 Å². The van der Waals surface area contributed by atoms with Crippen LogP contribution in [0.25, 0.3) is 0 Å². The summed E-state index contributed by atoms with van der Waals surface area (Å²) in [4.78, 5) is 19.3. The monoisotopic (exact) mass is 502 g/mol. The molecule has 0 saturated carbocycles. The second-order valence-electron chi connectivity index (χ2n) is 12.5. The van der Waals surface area contributed by atoms with Gasteiger partial charge in [-0.2, -0.15) is 5.26 Å². The third-order valence-corrected chi connectivity index (χ3v) is 11.9. The molecule has 2 heterocycles. The number of alkyl carbamates (subject to hydrolysis) is 1. The van der Waals surface area contributed by atoms with Gasteiger partial charge < -0.3 is 24.5 Å². The number of anilines is 1. The van der Waals surface area contributed by atoms with E-state index < -0.39 is 32.2 Å². The summed E-state index contributed by atoms with van der Waals surface area (Å²) in [5.41, 5.74) is 2.70. The maximum absolute atomic E-state index is 12.5. The van der Waals surface area contributed by atoms with E-state index in [4.69, 9.17) is 9.16 Å². The lowest BCUT2D eigenvalue weighted by atomic mass is 9.91. The molecule has 1 aromatic rings. The molecular weight excluding hydrogens is 460 g/mol. The second kappa shape index (κ2) is 9.72. The van der Waals surface area contributed by atoms with E-state index >= 15 is 0 Å². The van der Waals surface area contributed by atoms with Crippen molar-refractivity contribution in [1.82, 2.24) is 10.3 Å². The molecule has 8 nitrogen and oxygen atoms in total. The van der Waals surface area contributed by atoms with Crippen LogP contribution in [0.15, 0.2) is 6.20 Å². The molecule has 2 N–H and O–H groups in total. The van der Waals surface area contributed by atoms with Crippen LogP contribution in [0.5, 0.6) is 0 Å². The summed E-state index contributed by atoms with van der Waals surface area (Å²) in [6, 6.07) is 1.79. The Balaban J connectivity index is 1.91. The number of amides is 1. The number of pyridine rings is 1. The molecule has 0 bridgehead atoms. The SMILES string of the molecule is CC1CN(c2c(C#N)cnc3c2CCC3O[Si](C)(C)C(C)(C)C)CC(NC(=O)OC(C)(C)C)C1O. The molecule has 1 fully saturated rings. The summed E-state index contributed by atoms with van der Waals surface area (Å²) in [5, 5.41) is 23.7. The normalized spacial score (nSPS) is 25.1. The Labute approximate surface area is 211 Å². The summed E-state index contributed by atoms with van der Waals surface area (Å²) >= 11 is 0. The van der Waals surface area contributed by atoms with Crippen LogP contribution in [0, 0.1) is 17.2 Å². The molecule has 1 aromatic heterocycles. The lowest BCUT2D eigenvalue weighted by Gasteiger charge is -2.42. The smallest absolute Gasteiger partial charge is 0.408 e. The molecule has 1 amide bonds. The molecule has 1 saturated heterocycles. The predicted octanol–water partition coefficient (Wildman–Crippen LogP) is 4.67. The third kappa shape index (κ3) is 5.99. The fourth-order valence-corrected chi connectivity index (χ4v) is 5.92. The number of aromatic nitrogens is 1. The second-order valence-corrected chi connectivity index (χ2v) is 17.3. The topological polar surface area (TPSA) is 108 Å². The van der Waals surface area contributed by atoms with Gasteiger partial charge in [0, 0.05) is 30.8 Å². The summed E-state index contributed by atoms with van der Waals surface area (Å²) in [6.07, 6.45) is 1.91. The summed E-state index contributed by atoms with van der Waals surface area (Å²) in [6.45, 7) is 19.5. The fourth-order valence-electron chi connectivity index (χ4n) is 4.63. The van der Waals surface area contributed by atoms with Crippen molar-refractivity contribution in [1.29, 1.82) is 5.26 Å². The number of rotatable bonds is 4. The quantitative estimate of drug-likeness (QED) is 0.576. The first kappa shape index (κ1) is 27.4. The van der Waals surface area contributed by atoms with Crippen molar-refractivity contribution in [3.63, 3.8) is 0 Å². The summed E-state index contributed by atoms with van der Waals surface area (Å²) in [5.74, 6) is -0.111. The predicted molar refractivity (Wildman–Crippen MR) is 139 cm³/mol.